The molecule has 0 amide bonds. The van der Waals surface area contributed by atoms with Crippen LogP contribution in [-0.2, 0) is 6.18 Å². The summed E-state index contributed by atoms with van der Waals surface area (Å²) in [6.45, 7) is 2.82. The van der Waals surface area contributed by atoms with Gasteiger partial charge in [-0.1, -0.05) is 17.7 Å². The van der Waals surface area contributed by atoms with Gasteiger partial charge in [-0.15, -0.1) is 0 Å². The minimum atomic E-state index is -4.55. The Morgan fingerprint density at radius 3 is 2.03 bits per heavy atom. The van der Waals surface area contributed by atoms with Gasteiger partial charge in [0.25, 0.3) is 0 Å². The van der Waals surface area contributed by atoms with E-state index < -0.39 is 17.8 Å². The summed E-state index contributed by atoms with van der Waals surface area (Å²) in [7, 11) is 4.51. The molecular weight excluding hydrogens is 421 g/mol. The molecule has 30 heavy (non-hydrogen) atoms. The summed E-state index contributed by atoms with van der Waals surface area (Å²) >= 11 is 5.85. The lowest BCUT2D eigenvalue weighted by Crippen LogP contribution is -2.45. The highest BCUT2D eigenvalue weighted by Crippen LogP contribution is 2.43. The largest absolute Gasteiger partial charge is 0.493 e. The van der Waals surface area contributed by atoms with Gasteiger partial charge in [0.2, 0.25) is 5.75 Å². The number of rotatable bonds is 6. The van der Waals surface area contributed by atoms with Crippen molar-refractivity contribution in [3.8, 4) is 17.2 Å². The molecule has 1 aliphatic rings. The van der Waals surface area contributed by atoms with Crippen LogP contribution in [-0.4, -0.2) is 52.4 Å². The van der Waals surface area contributed by atoms with E-state index in [1.54, 1.807) is 18.2 Å². The summed E-state index contributed by atoms with van der Waals surface area (Å²) < 4.78 is 56.8. The molecule has 3 rings (SSSR count). The number of piperazine rings is 1. The Morgan fingerprint density at radius 1 is 0.933 bits per heavy atom. The van der Waals surface area contributed by atoms with Crippen molar-refractivity contribution in [1.29, 1.82) is 0 Å². The van der Waals surface area contributed by atoms with Crippen LogP contribution in [0, 0.1) is 0 Å². The minimum Gasteiger partial charge on any atom is -0.493 e. The van der Waals surface area contributed by atoms with Gasteiger partial charge in [0.15, 0.2) is 11.5 Å². The molecule has 0 aromatic heterocycles. The van der Waals surface area contributed by atoms with Crippen molar-refractivity contribution in [1.82, 2.24) is 10.2 Å². The highest BCUT2D eigenvalue weighted by Gasteiger charge is 2.35. The lowest BCUT2D eigenvalue weighted by atomic mass is 9.94. The number of nitrogens with one attached hydrogen (secondary N) is 1. The third-order valence-corrected chi connectivity index (χ3v) is 5.46. The third-order valence-electron chi connectivity index (χ3n) is 5.13. The lowest BCUT2D eigenvalue weighted by Gasteiger charge is -2.36. The first-order valence-electron chi connectivity index (χ1n) is 9.41. The van der Waals surface area contributed by atoms with E-state index in [-0.39, 0.29) is 5.02 Å². The summed E-state index contributed by atoms with van der Waals surface area (Å²) in [5.41, 5.74) is 0.374. The number of alkyl halides is 3. The molecule has 1 aliphatic heterocycles. The van der Waals surface area contributed by atoms with Crippen molar-refractivity contribution in [2.75, 3.05) is 47.5 Å². The second-order valence-electron chi connectivity index (χ2n) is 6.88. The smallest absolute Gasteiger partial charge is 0.417 e. The summed E-state index contributed by atoms with van der Waals surface area (Å²) in [5.74, 6) is 1.31. The van der Waals surface area contributed by atoms with E-state index in [2.05, 4.69) is 10.2 Å². The molecule has 0 bridgehead atoms. The molecule has 2 aromatic rings. The first-order valence-corrected chi connectivity index (χ1v) is 9.79. The van der Waals surface area contributed by atoms with Crippen LogP contribution in [0.4, 0.5) is 13.2 Å². The number of benzene rings is 2. The Morgan fingerprint density at radius 2 is 1.53 bits per heavy atom. The second kappa shape index (κ2) is 9.32. The van der Waals surface area contributed by atoms with Gasteiger partial charge in [-0.25, -0.2) is 0 Å². The zero-order valence-electron chi connectivity index (χ0n) is 17.0. The normalized spacial score (nSPS) is 16.2. The number of hydrogen-bond donors (Lipinski definition) is 1. The fraction of sp³-hybridized carbons (Fsp3) is 0.429. The Bertz CT molecular complexity index is 861. The molecule has 0 spiro atoms. The monoisotopic (exact) mass is 444 g/mol. The lowest BCUT2D eigenvalue weighted by molar-refractivity contribution is -0.137. The fourth-order valence-electron chi connectivity index (χ4n) is 3.74. The quantitative estimate of drug-likeness (QED) is 0.716. The van der Waals surface area contributed by atoms with E-state index in [1.165, 1.54) is 27.4 Å². The van der Waals surface area contributed by atoms with Crippen LogP contribution in [0.3, 0.4) is 0 Å². The molecule has 164 valence electrons. The number of methoxy groups -OCH3 is 3. The van der Waals surface area contributed by atoms with Crippen molar-refractivity contribution < 1.29 is 27.4 Å². The van der Waals surface area contributed by atoms with Gasteiger partial charge in [0, 0.05) is 26.2 Å². The predicted molar refractivity (Wildman–Crippen MR) is 109 cm³/mol. The molecule has 0 radical (unpaired) electrons. The topological polar surface area (TPSA) is 43.0 Å². The molecule has 1 fully saturated rings. The molecule has 2 aromatic carbocycles. The Balaban J connectivity index is 2.18. The molecule has 1 N–H and O–H groups in total. The zero-order valence-corrected chi connectivity index (χ0v) is 17.7. The minimum absolute atomic E-state index is 0.324. The second-order valence-corrected chi connectivity index (χ2v) is 7.29. The Labute approximate surface area is 178 Å². The van der Waals surface area contributed by atoms with Gasteiger partial charge in [-0.3, -0.25) is 4.90 Å². The van der Waals surface area contributed by atoms with Crippen LogP contribution in [0.15, 0.2) is 30.3 Å². The van der Waals surface area contributed by atoms with Gasteiger partial charge in [-0.2, -0.15) is 13.2 Å². The van der Waals surface area contributed by atoms with E-state index in [9.17, 15) is 13.2 Å². The van der Waals surface area contributed by atoms with Gasteiger partial charge in [-0.05, 0) is 35.4 Å². The first kappa shape index (κ1) is 22.5. The Hall–Kier alpha value is -2.16. The van der Waals surface area contributed by atoms with Gasteiger partial charge in [0.1, 0.15) is 0 Å². The maximum absolute atomic E-state index is 13.5. The highest BCUT2D eigenvalue weighted by molar-refractivity contribution is 6.31. The molecule has 0 aliphatic carbocycles. The highest BCUT2D eigenvalue weighted by atomic mass is 35.5. The van der Waals surface area contributed by atoms with E-state index in [4.69, 9.17) is 25.8 Å². The molecule has 1 atom stereocenters. The van der Waals surface area contributed by atoms with Crippen LogP contribution in [0.1, 0.15) is 22.7 Å². The molecule has 5 nitrogen and oxygen atoms in total. The van der Waals surface area contributed by atoms with E-state index in [0.717, 1.165) is 24.7 Å². The number of hydrogen-bond acceptors (Lipinski definition) is 5. The van der Waals surface area contributed by atoms with Crippen LogP contribution in [0.2, 0.25) is 5.02 Å². The van der Waals surface area contributed by atoms with Crippen LogP contribution < -0.4 is 19.5 Å². The van der Waals surface area contributed by atoms with Crippen LogP contribution in [0.5, 0.6) is 17.2 Å². The predicted octanol–water partition coefficient (Wildman–Crippen LogP) is 4.38. The summed E-state index contributed by atoms with van der Waals surface area (Å²) in [4.78, 5) is 2.13. The fourth-order valence-corrected chi connectivity index (χ4v) is 3.97. The summed E-state index contributed by atoms with van der Waals surface area (Å²) in [6.07, 6.45) is -4.55. The maximum Gasteiger partial charge on any atom is 0.417 e. The van der Waals surface area contributed by atoms with Crippen molar-refractivity contribution in [3.63, 3.8) is 0 Å². The third kappa shape index (κ3) is 4.61. The average Bonchev–Trinajstić information content (AvgIpc) is 2.74. The molecule has 1 saturated heterocycles. The van der Waals surface area contributed by atoms with Crippen molar-refractivity contribution in [3.05, 3.63) is 52.0 Å². The van der Waals surface area contributed by atoms with Gasteiger partial charge in [0.05, 0.1) is 38.0 Å². The first-order chi connectivity index (χ1) is 14.3. The van der Waals surface area contributed by atoms with E-state index in [0.29, 0.717) is 35.9 Å². The molecule has 1 heterocycles. The van der Waals surface area contributed by atoms with Crippen LogP contribution in [0.25, 0.3) is 0 Å². The van der Waals surface area contributed by atoms with Crippen molar-refractivity contribution in [2.24, 2.45) is 0 Å². The SMILES string of the molecule is COc1cc(C(c2ccc(Cl)c(C(F)(F)F)c2)N2CCNCC2)cc(OC)c1OC. The van der Waals surface area contributed by atoms with Crippen molar-refractivity contribution in [2.45, 2.75) is 12.2 Å². The molecular formula is C21H24ClF3N2O3. The van der Waals surface area contributed by atoms with Gasteiger partial charge < -0.3 is 19.5 Å². The number of nitrogens with zero attached hydrogens (tertiary/aromatic N) is 1. The summed E-state index contributed by atoms with van der Waals surface area (Å²) in [5, 5.41) is 2.94. The van der Waals surface area contributed by atoms with E-state index >= 15 is 0 Å². The standard InChI is InChI=1S/C21H24ClF3N2O3/c1-28-17-11-14(12-18(29-2)20(17)30-3)19(27-8-6-26-7-9-27)13-4-5-16(22)15(10-13)21(23,24)25/h4-5,10-12,19,26H,6-9H2,1-3H3. The number of halogens is 4. The Kier molecular flexibility index (Phi) is 7.00. The molecule has 1 unspecified atom stereocenters. The number of ether oxygens (including phenoxy) is 3. The van der Waals surface area contributed by atoms with Gasteiger partial charge >= 0.3 is 6.18 Å². The molecule has 0 saturated carbocycles. The molecule has 9 heteroatoms. The summed E-state index contributed by atoms with van der Waals surface area (Å²) in [6, 6.07) is 7.16. The van der Waals surface area contributed by atoms with Crippen LogP contribution >= 0.6 is 11.6 Å². The van der Waals surface area contributed by atoms with E-state index in [1.807, 2.05) is 0 Å². The average molecular weight is 445 g/mol. The zero-order chi connectivity index (χ0) is 21.9. The maximum atomic E-state index is 13.5. The van der Waals surface area contributed by atoms with Crippen molar-refractivity contribution >= 4 is 11.6 Å².